The van der Waals surface area contributed by atoms with Crippen LogP contribution in [0, 0.1) is 5.82 Å². The number of rotatable bonds is 4. The highest BCUT2D eigenvalue weighted by atomic mass is 19.1. The molecule has 5 heterocycles. The summed E-state index contributed by atoms with van der Waals surface area (Å²) < 4.78 is 21.0. The number of aryl methyl sites for hydroxylation is 1. The molecule has 4 aromatic heterocycles. The number of aromatic nitrogens is 6. The van der Waals surface area contributed by atoms with Crippen molar-refractivity contribution in [3.05, 3.63) is 71.6 Å². The van der Waals surface area contributed by atoms with Crippen LogP contribution in [0.15, 0.2) is 48.9 Å². The summed E-state index contributed by atoms with van der Waals surface area (Å²) in [5, 5.41) is 9.27. The standard InChI is InChI=1S/C27H25FN8O2/c28-17-11-16(13-29-14-17)24-33-25-21(26(37)35-7-9-38-10-8-35)15-30-36(25)27(34-24)31-18-5-6-23-20(12-18)19-3-1-2-4-22(19)32-23/h1-4,11,13-15,18,32H,5-10,12H2,(H,31,33,34). The zero-order valence-corrected chi connectivity index (χ0v) is 20.5. The second-order valence-corrected chi connectivity index (χ2v) is 9.67. The minimum Gasteiger partial charge on any atom is -0.378 e. The number of carbonyl (C=O) groups is 1. The molecule has 2 aliphatic rings. The maximum absolute atomic E-state index is 14.0. The summed E-state index contributed by atoms with van der Waals surface area (Å²) in [6, 6.07) is 9.75. The Balaban J connectivity index is 1.28. The van der Waals surface area contributed by atoms with Gasteiger partial charge in [-0.1, -0.05) is 18.2 Å². The van der Waals surface area contributed by atoms with Gasteiger partial charge in [0.25, 0.3) is 5.91 Å². The molecule has 10 nitrogen and oxygen atoms in total. The van der Waals surface area contributed by atoms with E-state index in [2.05, 4.69) is 43.6 Å². The van der Waals surface area contributed by atoms with E-state index >= 15 is 0 Å². The van der Waals surface area contributed by atoms with E-state index in [9.17, 15) is 9.18 Å². The van der Waals surface area contributed by atoms with Crippen LogP contribution in [0.5, 0.6) is 0 Å². The van der Waals surface area contributed by atoms with Gasteiger partial charge < -0.3 is 19.9 Å². The third-order valence-corrected chi connectivity index (χ3v) is 7.29. The summed E-state index contributed by atoms with van der Waals surface area (Å²) >= 11 is 0. The van der Waals surface area contributed by atoms with E-state index in [0.29, 0.717) is 49.0 Å². The van der Waals surface area contributed by atoms with E-state index in [1.807, 2.05) is 6.07 Å². The molecule has 1 unspecified atom stereocenters. The van der Waals surface area contributed by atoms with Gasteiger partial charge in [0.1, 0.15) is 11.4 Å². The number of hydrogen-bond acceptors (Lipinski definition) is 7. The van der Waals surface area contributed by atoms with Crippen molar-refractivity contribution in [3.8, 4) is 11.4 Å². The Labute approximate surface area is 216 Å². The molecule has 1 amide bonds. The predicted octanol–water partition coefficient (Wildman–Crippen LogP) is 3.25. The molecule has 5 aromatic rings. The van der Waals surface area contributed by atoms with Crippen molar-refractivity contribution in [1.82, 2.24) is 34.4 Å². The maximum atomic E-state index is 14.0. The van der Waals surface area contributed by atoms with Gasteiger partial charge in [-0.05, 0) is 37.0 Å². The van der Waals surface area contributed by atoms with E-state index in [0.717, 1.165) is 31.0 Å². The number of hydrogen-bond donors (Lipinski definition) is 2. The van der Waals surface area contributed by atoms with E-state index in [4.69, 9.17) is 9.72 Å². The molecule has 1 saturated heterocycles. The SMILES string of the molecule is O=C(c1cnn2c(NC3CCc4[nH]c5ccccc5c4C3)nc(-c3cncc(F)c3)nc12)N1CCOCC1. The number of nitrogens with zero attached hydrogens (tertiary/aromatic N) is 6. The number of fused-ring (bicyclic) bond motifs is 4. The maximum Gasteiger partial charge on any atom is 0.259 e. The number of anilines is 1. The summed E-state index contributed by atoms with van der Waals surface area (Å²) in [5.74, 6) is 0.0609. The van der Waals surface area contributed by atoms with Gasteiger partial charge >= 0.3 is 0 Å². The summed E-state index contributed by atoms with van der Waals surface area (Å²) in [6.45, 7) is 1.99. The number of H-pyrrole nitrogens is 1. The van der Waals surface area contributed by atoms with Gasteiger partial charge in [-0.2, -0.15) is 14.6 Å². The Hall–Kier alpha value is -4.38. The molecular weight excluding hydrogens is 487 g/mol. The molecule has 38 heavy (non-hydrogen) atoms. The van der Waals surface area contributed by atoms with Gasteiger partial charge in [0.2, 0.25) is 5.95 Å². The van der Waals surface area contributed by atoms with Gasteiger partial charge in [-0.15, -0.1) is 0 Å². The number of ether oxygens (including phenoxy) is 1. The average Bonchev–Trinajstić information content (AvgIpc) is 3.55. The van der Waals surface area contributed by atoms with Crippen LogP contribution in [-0.2, 0) is 17.6 Å². The zero-order valence-electron chi connectivity index (χ0n) is 20.5. The Kier molecular flexibility index (Phi) is 5.50. The molecule has 7 rings (SSSR count). The fourth-order valence-electron chi connectivity index (χ4n) is 5.40. The number of pyridine rings is 1. The molecule has 1 aromatic carbocycles. The fourth-order valence-corrected chi connectivity index (χ4v) is 5.40. The number of halogens is 1. The summed E-state index contributed by atoms with van der Waals surface area (Å²) in [4.78, 5) is 32.0. The van der Waals surface area contributed by atoms with Crippen molar-refractivity contribution in [2.75, 3.05) is 31.6 Å². The van der Waals surface area contributed by atoms with Gasteiger partial charge in [-0.3, -0.25) is 9.78 Å². The van der Waals surface area contributed by atoms with E-state index in [1.165, 1.54) is 35.1 Å². The number of benzene rings is 1. The zero-order chi connectivity index (χ0) is 25.6. The minimum absolute atomic E-state index is 0.0842. The van der Waals surface area contributed by atoms with Gasteiger partial charge in [0.05, 0.1) is 25.6 Å². The number of carbonyl (C=O) groups excluding carboxylic acids is 1. The van der Waals surface area contributed by atoms with E-state index < -0.39 is 5.82 Å². The fraction of sp³-hybridized carbons (Fsp3) is 0.296. The van der Waals surface area contributed by atoms with E-state index in [1.54, 1.807) is 9.42 Å². The van der Waals surface area contributed by atoms with Gasteiger partial charge in [0, 0.05) is 47.5 Å². The van der Waals surface area contributed by atoms with Crippen molar-refractivity contribution in [2.24, 2.45) is 0 Å². The molecule has 2 N–H and O–H groups in total. The van der Waals surface area contributed by atoms with Crippen molar-refractivity contribution in [2.45, 2.75) is 25.3 Å². The van der Waals surface area contributed by atoms with Crippen LogP contribution in [0.2, 0.25) is 0 Å². The number of nitrogens with one attached hydrogen (secondary N) is 2. The minimum atomic E-state index is -0.488. The lowest BCUT2D eigenvalue weighted by atomic mass is 9.91. The Morgan fingerprint density at radius 2 is 2.00 bits per heavy atom. The lowest BCUT2D eigenvalue weighted by Gasteiger charge is -2.26. The lowest BCUT2D eigenvalue weighted by Crippen LogP contribution is -2.40. The molecular formula is C27H25FN8O2. The van der Waals surface area contributed by atoms with Crippen LogP contribution < -0.4 is 5.32 Å². The van der Waals surface area contributed by atoms with Crippen LogP contribution in [0.4, 0.5) is 10.3 Å². The average molecular weight is 513 g/mol. The lowest BCUT2D eigenvalue weighted by molar-refractivity contribution is 0.0304. The number of morpholine rings is 1. The van der Waals surface area contributed by atoms with Crippen LogP contribution >= 0.6 is 0 Å². The number of aromatic amines is 1. The molecule has 0 spiro atoms. The first-order chi connectivity index (χ1) is 18.6. The van der Waals surface area contributed by atoms with Gasteiger partial charge in [-0.25, -0.2) is 9.37 Å². The molecule has 1 aliphatic carbocycles. The molecule has 192 valence electrons. The van der Waals surface area contributed by atoms with Crippen LogP contribution in [0.3, 0.4) is 0 Å². The highest BCUT2D eigenvalue weighted by molar-refractivity contribution is 6.00. The quantitative estimate of drug-likeness (QED) is 0.380. The second kappa shape index (κ2) is 9.18. The summed E-state index contributed by atoms with van der Waals surface area (Å²) in [7, 11) is 0. The molecule has 0 saturated carbocycles. The molecule has 1 fully saturated rings. The first-order valence-electron chi connectivity index (χ1n) is 12.7. The third kappa shape index (κ3) is 3.95. The first-order valence-corrected chi connectivity index (χ1v) is 12.7. The molecule has 1 atom stereocenters. The monoisotopic (exact) mass is 512 g/mol. The molecule has 1 aliphatic heterocycles. The first kappa shape index (κ1) is 22.8. The van der Waals surface area contributed by atoms with E-state index in [-0.39, 0.29) is 17.8 Å². The predicted molar refractivity (Wildman–Crippen MR) is 138 cm³/mol. The Morgan fingerprint density at radius 3 is 2.87 bits per heavy atom. The van der Waals surface area contributed by atoms with Crippen molar-refractivity contribution < 1.29 is 13.9 Å². The highest BCUT2D eigenvalue weighted by Crippen LogP contribution is 2.31. The third-order valence-electron chi connectivity index (χ3n) is 7.29. The van der Waals surface area contributed by atoms with Gasteiger partial charge in [0.15, 0.2) is 11.5 Å². The topological polar surface area (TPSA) is 113 Å². The number of para-hydroxylation sites is 1. The Bertz CT molecular complexity index is 1670. The summed E-state index contributed by atoms with van der Waals surface area (Å²) in [5.41, 5.74) is 4.85. The van der Waals surface area contributed by atoms with Crippen LogP contribution in [-0.4, -0.2) is 72.7 Å². The van der Waals surface area contributed by atoms with Crippen molar-refractivity contribution in [1.29, 1.82) is 0 Å². The second-order valence-electron chi connectivity index (χ2n) is 9.67. The molecule has 0 bridgehead atoms. The summed E-state index contributed by atoms with van der Waals surface area (Å²) in [6.07, 6.45) is 6.77. The van der Waals surface area contributed by atoms with Crippen molar-refractivity contribution in [3.63, 3.8) is 0 Å². The molecule has 0 radical (unpaired) electrons. The Morgan fingerprint density at radius 1 is 1.13 bits per heavy atom. The largest absolute Gasteiger partial charge is 0.378 e. The number of amides is 1. The van der Waals surface area contributed by atoms with Crippen molar-refractivity contribution >= 4 is 28.4 Å². The normalized spacial score (nSPS) is 17.6. The van der Waals surface area contributed by atoms with Crippen LogP contribution in [0.25, 0.3) is 27.9 Å². The highest BCUT2D eigenvalue weighted by Gasteiger charge is 2.27. The smallest absolute Gasteiger partial charge is 0.259 e. The van der Waals surface area contributed by atoms with Crippen LogP contribution in [0.1, 0.15) is 28.0 Å². The molecule has 11 heteroatoms.